The molecular weight excluding hydrogens is 332 g/mol. The van der Waals surface area contributed by atoms with Crippen molar-refractivity contribution >= 4 is 11.6 Å². The second-order valence-corrected chi connectivity index (χ2v) is 7.53. The molecule has 1 unspecified atom stereocenters. The van der Waals surface area contributed by atoms with Crippen LogP contribution in [0.25, 0.3) is 0 Å². The fraction of sp³-hybridized carbons (Fsp3) is 0.429. The topological polar surface area (TPSA) is 24.5 Å². The lowest BCUT2D eigenvalue weighted by molar-refractivity contribution is 0.182. The first-order chi connectivity index (χ1) is 12.3. The Hall–Kier alpha value is -1.55. The number of hydrogen-bond donors (Lipinski definition) is 1. The Morgan fingerprint density at radius 1 is 1.20 bits per heavy atom. The third-order valence-electron chi connectivity index (χ3n) is 5.16. The summed E-state index contributed by atoms with van der Waals surface area (Å²) >= 11 is 6.27. The fourth-order valence-electron chi connectivity index (χ4n) is 3.94. The highest BCUT2D eigenvalue weighted by molar-refractivity contribution is 6.30. The van der Waals surface area contributed by atoms with Crippen molar-refractivity contribution in [1.29, 1.82) is 0 Å². The zero-order chi connectivity index (χ0) is 17.1. The van der Waals surface area contributed by atoms with Gasteiger partial charge < -0.3 is 10.1 Å². The van der Waals surface area contributed by atoms with E-state index in [1.165, 1.54) is 36.1 Å². The van der Waals surface area contributed by atoms with Crippen molar-refractivity contribution in [2.75, 3.05) is 19.7 Å². The number of ether oxygens (including phenoxy) is 1. The number of benzene rings is 2. The van der Waals surface area contributed by atoms with Crippen molar-refractivity contribution in [3.05, 3.63) is 64.2 Å². The zero-order valence-corrected chi connectivity index (χ0v) is 15.3. The Bertz CT molecular complexity index is 719. The van der Waals surface area contributed by atoms with Gasteiger partial charge in [0, 0.05) is 42.7 Å². The molecule has 0 aromatic heterocycles. The predicted molar refractivity (Wildman–Crippen MR) is 102 cm³/mol. The van der Waals surface area contributed by atoms with Crippen molar-refractivity contribution in [1.82, 2.24) is 10.2 Å². The molecule has 132 valence electrons. The molecule has 2 aliphatic rings. The number of nitrogens with one attached hydrogen (secondary N) is 1. The maximum Gasteiger partial charge on any atom is 0.127 e. The standard InChI is InChI=1S/C21H25ClN2O/c22-19-11-17-8-10-25-21(17)18(12-19)13-23-20-7-4-9-24(15-20)14-16-5-2-1-3-6-16/h1-3,5-6,11-12,20,23H,4,7-10,13-15H2. The Labute approximate surface area is 154 Å². The highest BCUT2D eigenvalue weighted by Crippen LogP contribution is 2.33. The number of piperidine rings is 1. The van der Waals surface area contributed by atoms with E-state index in [-0.39, 0.29) is 0 Å². The highest BCUT2D eigenvalue weighted by Gasteiger charge is 2.22. The molecule has 2 aliphatic heterocycles. The van der Waals surface area contributed by atoms with Gasteiger partial charge in [-0.15, -0.1) is 0 Å². The Morgan fingerprint density at radius 2 is 2.08 bits per heavy atom. The van der Waals surface area contributed by atoms with Gasteiger partial charge >= 0.3 is 0 Å². The maximum atomic E-state index is 6.27. The van der Waals surface area contributed by atoms with Crippen molar-refractivity contribution in [2.24, 2.45) is 0 Å². The largest absolute Gasteiger partial charge is 0.493 e. The van der Waals surface area contributed by atoms with Crippen LogP contribution in [0.2, 0.25) is 5.02 Å². The lowest BCUT2D eigenvalue weighted by Gasteiger charge is -2.33. The van der Waals surface area contributed by atoms with Crippen molar-refractivity contribution in [3.8, 4) is 5.75 Å². The van der Waals surface area contributed by atoms with Gasteiger partial charge in [0.1, 0.15) is 5.75 Å². The minimum absolute atomic E-state index is 0.522. The maximum absolute atomic E-state index is 6.27. The number of halogens is 1. The smallest absolute Gasteiger partial charge is 0.127 e. The van der Waals surface area contributed by atoms with Crippen LogP contribution in [-0.2, 0) is 19.5 Å². The van der Waals surface area contributed by atoms with Crippen LogP contribution >= 0.6 is 11.6 Å². The number of nitrogens with zero attached hydrogens (tertiary/aromatic N) is 1. The number of fused-ring (bicyclic) bond motifs is 1. The molecular formula is C21H25ClN2O. The Kier molecular flexibility index (Phi) is 5.25. The van der Waals surface area contributed by atoms with Crippen LogP contribution in [-0.4, -0.2) is 30.6 Å². The van der Waals surface area contributed by atoms with E-state index in [4.69, 9.17) is 16.3 Å². The highest BCUT2D eigenvalue weighted by atomic mass is 35.5. The molecule has 1 N–H and O–H groups in total. The lowest BCUT2D eigenvalue weighted by atomic mass is 10.0. The van der Waals surface area contributed by atoms with Gasteiger partial charge in [0.15, 0.2) is 0 Å². The summed E-state index contributed by atoms with van der Waals surface area (Å²) in [4.78, 5) is 2.55. The van der Waals surface area contributed by atoms with Crippen LogP contribution in [0.3, 0.4) is 0 Å². The second kappa shape index (κ2) is 7.77. The second-order valence-electron chi connectivity index (χ2n) is 7.09. The summed E-state index contributed by atoms with van der Waals surface area (Å²) in [6.07, 6.45) is 3.45. The summed E-state index contributed by atoms with van der Waals surface area (Å²) in [5.74, 6) is 1.05. The minimum Gasteiger partial charge on any atom is -0.493 e. The van der Waals surface area contributed by atoms with Crippen molar-refractivity contribution in [3.63, 3.8) is 0 Å². The third-order valence-corrected chi connectivity index (χ3v) is 5.38. The number of likely N-dealkylation sites (tertiary alicyclic amines) is 1. The van der Waals surface area contributed by atoms with Crippen LogP contribution in [0.1, 0.15) is 29.5 Å². The summed E-state index contributed by atoms with van der Waals surface area (Å²) < 4.78 is 5.82. The molecule has 3 nitrogen and oxygen atoms in total. The summed E-state index contributed by atoms with van der Waals surface area (Å²) in [6, 6.07) is 15.3. The van der Waals surface area contributed by atoms with Crippen LogP contribution in [0.5, 0.6) is 5.75 Å². The predicted octanol–water partition coefficient (Wildman–Crippen LogP) is 4.03. The van der Waals surface area contributed by atoms with Gasteiger partial charge in [0.2, 0.25) is 0 Å². The van der Waals surface area contributed by atoms with Gasteiger partial charge in [-0.1, -0.05) is 41.9 Å². The fourth-order valence-corrected chi connectivity index (χ4v) is 4.20. The zero-order valence-electron chi connectivity index (χ0n) is 14.5. The van der Waals surface area contributed by atoms with E-state index in [9.17, 15) is 0 Å². The molecule has 1 saturated heterocycles. The summed E-state index contributed by atoms with van der Waals surface area (Å²) in [5.41, 5.74) is 3.84. The molecule has 0 radical (unpaired) electrons. The van der Waals surface area contributed by atoms with Gasteiger partial charge in [-0.25, -0.2) is 0 Å². The van der Waals surface area contributed by atoms with Crippen molar-refractivity contribution in [2.45, 2.75) is 38.4 Å². The molecule has 0 amide bonds. The third kappa shape index (κ3) is 4.17. The Morgan fingerprint density at radius 3 is 2.96 bits per heavy atom. The number of rotatable bonds is 5. The van der Waals surface area contributed by atoms with Gasteiger partial charge in [-0.2, -0.15) is 0 Å². The molecule has 2 aromatic carbocycles. The molecule has 0 saturated carbocycles. The van der Waals surface area contributed by atoms with E-state index in [1.54, 1.807) is 0 Å². The van der Waals surface area contributed by atoms with Crippen molar-refractivity contribution < 1.29 is 4.74 Å². The first-order valence-corrected chi connectivity index (χ1v) is 9.59. The molecule has 2 aromatic rings. The van der Waals surface area contributed by atoms with Crippen LogP contribution < -0.4 is 10.1 Å². The van der Waals surface area contributed by atoms with E-state index < -0.39 is 0 Å². The molecule has 25 heavy (non-hydrogen) atoms. The number of hydrogen-bond acceptors (Lipinski definition) is 3. The average Bonchev–Trinajstić information content (AvgIpc) is 3.09. The van der Waals surface area contributed by atoms with Crippen LogP contribution in [0, 0.1) is 0 Å². The average molecular weight is 357 g/mol. The van der Waals surface area contributed by atoms with Gasteiger partial charge in [0.25, 0.3) is 0 Å². The first kappa shape index (κ1) is 16.9. The first-order valence-electron chi connectivity index (χ1n) is 9.22. The van der Waals surface area contributed by atoms with Crippen LogP contribution in [0.4, 0.5) is 0 Å². The SMILES string of the molecule is Clc1cc2c(c(CNC3CCCN(Cc4ccccc4)C3)c1)OCC2. The molecule has 1 fully saturated rings. The lowest BCUT2D eigenvalue weighted by Crippen LogP contribution is -2.45. The quantitative estimate of drug-likeness (QED) is 0.875. The monoisotopic (exact) mass is 356 g/mol. The summed E-state index contributed by atoms with van der Waals surface area (Å²) in [6.45, 7) is 4.92. The normalized spacial score (nSPS) is 20.3. The van der Waals surface area contributed by atoms with Gasteiger partial charge in [0.05, 0.1) is 6.61 Å². The summed E-state index contributed by atoms with van der Waals surface area (Å²) in [5, 5.41) is 4.55. The molecule has 0 aliphatic carbocycles. The molecule has 1 atom stereocenters. The van der Waals surface area contributed by atoms with E-state index >= 15 is 0 Å². The van der Waals surface area contributed by atoms with Gasteiger partial charge in [-0.05, 0) is 42.6 Å². The molecule has 0 bridgehead atoms. The Balaban J connectivity index is 1.35. The summed E-state index contributed by atoms with van der Waals surface area (Å²) in [7, 11) is 0. The molecule has 2 heterocycles. The molecule has 4 heteroatoms. The minimum atomic E-state index is 0.522. The van der Waals surface area contributed by atoms with Gasteiger partial charge in [-0.3, -0.25) is 4.90 Å². The van der Waals surface area contributed by atoms with E-state index in [1.807, 2.05) is 12.1 Å². The molecule has 4 rings (SSSR count). The molecule has 0 spiro atoms. The van der Waals surface area contributed by atoms with E-state index in [0.29, 0.717) is 6.04 Å². The van der Waals surface area contributed by atoms with Crippen LogP contribution in [0.15, 0.2) is 42.5 Å². The van der Waals surface area contributed by atoms with E-state index in [0.717, 1.165) is 43.4 Å². The van der Waals surface area contributed by atoms with E-state index in [2.05, 4.69) is 40.5 Å².